The normalized spacial score (nSPS) is 25.1. The molecular formula is C17H21ClN2O2. The van der Waals surface area contributed by atoms with E-state index in [9.17, 15) is 9.59 Å². The number of piperidine rings is 1. The van der Waals surface area contributed by atoms with Crippen molar-refractivity contribution in [1.82, 2.24) is 9.80 Å². The molecule has 0 radical (unpaired) electrons. The summed E-state index contributed by atoms with van der Waals surface area (Å²) in [5, 5.41) is 0.665. The summed E-state index contributed by atoms with van der Waals surface area (Å²) in [6.07, 6.45) is 3.79. The molecule has 2 heterocycles. The molecule has 0 saturated carbocycles. The Bertz CT molecular complexity index is 587. The van der Waals surface area contributed by atoms with Gasteiger partial charge in [-0.2, -0.15) is 0 Å². The van der Waals surface area contributed by atoms with E-state index < -0.39 is 5.54 Å². The van der Waals surface area contributed by atoms with Crippen molar-refractivity contribution in [3.05, 3.63) is 34.9 Å². The Hall–Kier alpha value is -1.55. The van der Waals surface area contributed by atoms with Crippen molar-refractivity contribution in [3.63, 3.8) is 0 Å². The number of likely N-dealkylation sites (N-methyl/N-ethyl adjacent to an activating group) is 1. The summed E-state index contributed by atoms with van der Waals surface area (Å²) in [5.41, 5.74) is 0.351. The van der Waals surface area contributed by atoms with Crippen molar-refractivity contribution in [1.29, 1.82) is 0 Å². The first-order valence-corrected chi connectivity index (χ1v) is 8.21. The van der Waals surface area contributed by atoms with Gasteiger partial charge in [0.25, 0.3) is 0 Å². The number of nitrogens with zero attached hydrogens (tertiary/aromatic N) is 2. The Morgan fingerprint density at radius 1 is 1.18 bits per heavy atom. The minimum atomic E-state index is -0.587. The van der Waals surface area contributed by atoms with Crippen LogP contribution in [0.4, 0.5) is 0 Å². The second-order valence-electron chi connectivity index (χ2n) is 6.31. The Morgan fingerprint density at radius 2 is 1.82 bits per heavy atom. The summed E-state index contributed by atoms with van der Waals surface area (Å²) in [7, 11) is 1.84. The van der Waals surface area contributed by atoms with Gasteiger partial charge in [0, 0.05) is 25.2 Å². The molecule has 1 atom stereocenters. The molecule has 0 bridgehead atoms. The number of benzene rings is 1. The highest BCUT2D eigenvalue weighted by molar-refractivity contribution is 6.30. The number of likely N-dealkylation sites (tertiary alicyclic amines) is 2. The van der Waals surface area contributed by atoms with Gasteiger partial charge in [0.2, 0.25) is 11.8 Å². The Morgan fingerprint density at radius 3 is 2.50 bits per heavy atom. The van der Waals surface area contributed by atoms with Gasteiger partial charge >= 0.3 is 0 Å². The Kier molecular flexibility index (Phi) is 4.13. The third-order valence-electron chi connectivity index (χ3n) is 4.89. The fourth-order valence-electron chi connectivity index (χ4n) is 3.77. The number of carbonyl (C=O) groups excluding carboxylic acids is 2. The molecule has 2 aliphatic heterocycles. The zero-order valence-corrected chi connectivity index (χ0v) is 13.6. The highest BCUT2D eigenvalue weighted by Gasteiger charge is 2.51. The predicted octanol–water partition coefficient (Wildman–Crippen LogP) is 2.50. The van der Waals surface area contributed by atoms with E-state index in [4.69, 9.17) is 11.6 Å². The second kappa shape index (κ2) is 5.92. The van der Waals surface area contributed by atoms with Crippen LogP contribution in [0.1, 0.15) is 31.2 Å². The van der Waals surface area contributed by atoms with Crippen molar-refractivity contribution >= 4 is 23.4 Å². The van der Waals surface area contributed by atoms with Gasteiger partial charge in [-0.25, -0.2) is 0 Å². The maximum Gasteiger partial charge on any atom is 0.248 e. The number of halogens is 1. The third-order valence-corrected chi connectivity index (χ3v) is 5.14. The van der Waals surface area contributed by atoms with Crippen molar-refractivity contribution in [3.8, 4) is 0 Å². The van der Waals surface area contributed by atoms with E-state index in [0.29, 0.717) is 18.0 Å². The van der Waals surface area contributed by atoms with Crippen LogP contribution in [0, 0.1) is 0 Å². The van der Waals surface area contributed by atoms with Gasteiger partial charge in [-0.3, -0.25) is 9.59 Å². The van der Waals surface area contributed by atoms with E-state index in [1.165, 1.54) is 0 Å². The van der Waals surface area contributed by atoms with Crippen molar-refractivity contribution in [2.75, 3.05) is 20.1 Å². The minimum absolute atomic E-state index is 0.0449. The standard InChI is InChI=1S/C17H21ClN2O2/c1-19-10-2-8-17(16(19)22)9-3-11-20(17)15(21)12-13-4-6-14(18)7-5-13/h4-7H,2-3,8-12H2,1H3. The molecule has 0 N–H and O–H groups in total. The highest BCUT2D eigenvalue weighted by atomic mass is 35.5. The highest BCUT2D eigenvalue weighted by Crippen LogP contribution is 2.38. The number of rotatable bonds is 2. The van der Waals surface area contributed by atoms with Gasteiger partial charge in [0.15, 0.2) is 0 Å². The van der Waals surface area contributed by atoms with Crippen molar-refractivity contribution in [2.45, 2.75) is 37.6 Å². The van der Waals surface area contributed by atoms with E-state index in [1.807, 2.05) is 24.1 Å². The second-order valence-corrected chi connectivity index (χ2v) is 6.75. The van der Waals surface area contributed by atoms with Crippen LogP contribution >= 0.6 is 11.6 Å². The van der Waals surface area contributed by atoms with E-state index in [-0.39, 0.29) is 11.8 Å². The van der Waals surface area contributed by atoms with Crippen LogP contribution in [0.3, 0.4) is 0 Å². The van der Waals surface area contributed by atoms with Gasteiger partial charge in [0.05, 0.1) is 6.42 Å². The molecule has 1 spiro atoms. The smallest absolute Gasteiger partial charge is 0.248 e. The molecule has 3 rings (SSSR count). The zero-order chi connectivity index (χ0) is 15.7. The zero-order valence-electron chi connectivity index (χ0n) is 12.8. The maximum absolute atomic E-state index is 12.7. The lowest BCUT2D eigenvalue weighted by Crippen LogP contribution is -2.60. The van der Waals surface area contributed by atoms with E-state index in [0.717, 1.165) is 37.8 Å². The minimum Gasteiger partial charge on any atom is -0.344 e. The summed E-state index contributed by atoms with van der Waals surface area (Å²) in [6, 6.07) is 7.34. The summed E-state index contributed by atoms with van der Waals surface area (Å²) >= 11 is 5.88. The fourth-order valence-corrected chi connectivity index (χ4v) is 3.90. The van der Waals surface area contributed by atoms with Gasteiger partial charge in [-0.1, -0.05) is 23.7 Å². The van der Waals surface area contributed by atoms with Crippen molar-refractivity contribution in [2.24, 2.45) is 0 Å². The molecule has 2 fully saturated rings. The summed E-state index contributed by atoms with van der Waals surface area (Å²) < 4.78 is 0. The molecule has 1 unspecified atom stereocenters. The average Bonchev–Trinajstić information content (AvgIpc) is 2.92. The van der Waals surface area contributed by atoms with Crippen LogP contribution in [0.5, 0.6) is 0 Å². The molecule has 1 aromatic carbocycles. The van der Waals surface area contributed by atoms with Gasteiger partial charge in [0.1, 0.15) is 5.54 Å². The first kappa shape index (κ1) is 15.3. The van der Waals surface area contributed by atoms with Crippen LogP contribution in [-0.4, -0.2) is 47.3 Å². The molecule has 118 valence electrons. The number of amides is 2. The molecule has 0 aliphatic carbocycles. The lowest BCUT2D eigenvalue weighted by molar-refractivity contribution is -0.153. The van der Waals surface area contributed by atoms with Gasteiger partial charge in [-0.05, 0) is 43.4 Å². The first-order chi connectivity index (χ1) is 10.5. The molecule has 5 heteroatoms. The van der Waals surface area contributed by atoms with E-state index in [1.54, 1.807) is 17.0 Å². The lowest BCUT2D eigenvalue weighted by atomic mass is 9.85. The van der Waals surface area contributed by atoms with Gasteiger partial charge in [-0.15, -0.1) is 0 Å². The fraction of sp³-hybridized carbons (Fsp3) is 0.529. The summed E-state index contributed by atoms with van der Waals surface area (Å²) in [5.74, 6) is 0.157. The predicted molar refractivity (Wildman–Crippen MR) is 85.7 cm³/mol. The van der Waals surface area contributed by atoms with Gasteiger partial charge < -0.3 is 9.80 Å². The summed E-state index contributed by atoms with van der Waals surface area (Å²) in [4.78, 5) is 29.0. The third kappa shape index (κ3) is 2.60. The molecular weight excluding hydrogens is 300 g/mol. The Labute approximate surface area is 136 Å². The number of hydrogen-bond acceptors (Lipinski definition) is 2. The molecule has 2 saturated heterocycles. The van der Waals surface area contributed by atoms with Crippen LogP contribution in [0.15, 0.2) is 24.3 Å². The quantitative estimate of drug-likeness (QED) is 0.840. The monoisotopic (exact) mass is 320 g/mol. The lowest BCUT2D eigenvalue weighted by Gasteiger charge is -2.43. The molecule has 0 aromatic heterocycles. The van der Waals surface area contributed by atoms with Crippen LogP contribution in [0.25, 0.3) is 0 Å². The number of carbonyl (C=O) groups is 2. The SMILES string of the molecule is CN1CCCC2(CCCN2C(=O)Cc2ccc(Cl)cc2)C1=O. The topological polar surface area (TPSA) is 40.6 Å². The molecule has 2 amide bonds. The van der Waals surface area contributed by atoms with Crippen LogP contribution in [-0.2, 0) is 16.0 Å². The number of hydrogen-bond donors (Lipinski definition) is 0. The largest absolute Gasteiger partial charge is 0.344 e. The molecule has 22 heavy (non-hydrogen) atoms. The molecule has 1 aromatic rings. The van der Waals surface area contributed by atoms with Crippen molar-refractivity contribution < 1.29 is 9.59 Å². The Balaban J connectivity index is 1.79. The summed E-state index contributed by atoms with van der Waals surface area (Å²) in [6.45, 7) is 1.48. The van der Waals surface area contributed by atoms with E-state index >= 15 is 0 Å². The maximum atomic E-state index is 12.7. The van der Waals surface area contributed by atoms with E-state index in [2.05, 4.69) is 0 Å². The molecule has 4 nitrogen and oxygen atoms in total. The first-order valence-electron chi connectivity index (χ1n) is 7.83. The van der Waals surface area contributed by atoms with Crippen LogP contribution < -0.4 is 0 Å². The molecule has 2 aliphatic rings. The van der Waals surface area contributed by atoms with Crippen LogP contribution in [0.2, 0.25) is 5.02 Å². The average molecular weight is 321 g/mol.